The van der Waals surface area contributed by atoms with Crippen molar-refractivity contribution in [3.8, 4) is 0 Å². The second-order valence-corrected chi connectivity index (χ2v) is 8.94. The number of para-hydroxylation sites is 1. The maximum atomic E-state index is 13.0. The SMILES string of the molecule is CC(C)CN1CN(C)Cc2cn(Cc3ccc(C(F)(F)F)cc3)c(Nc3ccccc3)c21. The molecule has 2 heterocycles. The average molecular weight is 443 g/mol. The summed E-state index contributed by atoms with van der Waals surface area (Å²) in [5.74, 6) is 1.47. The molecule has 2 aromatic carbocycles. The van der Waals surface area contributed by atoms with E-state index in [0.717, 1.165) is 49.0 Å². The third-order valence-electron chi connectivity index (χ3n) is 5.55. The van der Waals surface area contributed by atoms with Crippen LogP contribution in [0.5, 0.6) is 0 Å². The molecule has 32 heavy (non-hydrogen) atoms. The Morgan fingerprint density at radius 1 is 1.00 bits per heavy atom. The number of benzene rings is 2. The van der Waals surface area contributed by atoms with Crippen LogP contribution in [0.3, 0.4) is 0 Å². The monoisotopic (exact) mass is 442 g/mol. The van der Waals surface area contributed by atoms with E-state index in [-0.39, 0.29) is 0 Å². The van der Waals surface area contributed by atoms with Crippen LogP contribution in [0.25, 0.3) is 0 Å². The molecule has 170 valence electrons. The minimum atomic E-state index is -4.33. The molecular weight excluding hydrogens is 413 g/mol. The largest absolute Gasteiger partial charge is 0.416 e. The molecule has 0 aliphatic carbocycles. The summed E-state index contributed by atoms with van der Waals surface area (Å²) in [5, 5.41) is 3.58. The number of aromatic nitrogens is 1. The van der Waals surface area contributed by atoms with Crippen LogP contribution in [-0.2, 0) is 19.3 Å². The molecule has 0 amide bonds. The quantitative estimate of drug-likeness (QED) is 0.494. The van der Waals surface area contributed by atoms with Crippen molar-refractivity contribution in [2.24, 2.45) is 5.92 Å². The molecule has 1 aliphatic rings. The van der Waals surface area contributed by atoms with Crippen LogP contribution >= 0.6 is 0 Å². The van der Waals surface area contributed by atoms with Gasteiger partial charge in [-0.25, -0.2) is 0 Å². The van der Waals surface area contributed by atoms with E-state index in [2.05, 4.69) is 46.8 Å². The first kappa shape index (κ1) is 22.3. The number of anilines is 3. The summed E-state index contributed by atoms with van der Waals surface area (Å²) in [6.45, 7) is 7.48. The van der Waals surface area contributed by atoms with E-state index in [9.17, 15) is 13.2 Å². The number of nitrogens with one attached hydrogen (secondary N) is 1. The van der Waals surface area contributed by atoms with E-state index in [1.807, 2.05) is 30.3 Å². The molecule has 0 saturated carbocycles. The van der Waals surface area contributed by atoms with E-state index in [4.69, 9.17) is 0 Å². The Hall–Kier alpha value is -2.93. The topological polar surface area (TPSA) is 23.4 Å². The van der Waals surface area contributed by atoms with Gasteiger partial charge in [-0.3, -0.25) is 4.90 Å². The highest BCUT2D eigenvalue weighted by Gasteiger charge is 2.30. The predicted molar refractivity (Wildman–Crippen MR) is 123 cm³/mol. The van der Waals surface area contributed by atoms with E-state index in [1.165, 1.54) is 11.3 Å². The first-order valence-electron chi connectivity index (χ1n) is 10.8. The second kappa shape index (κ2) is 8.90. The summed E-state index contributed by atoms with van der Waals surface area (Å²) < 4.78 is 41.0. The first-order valence-corrected chi connectivity index (χ1v) is 10.8. The van der Waals surface area contributed by atoms with Gasteiger partial charge in [0.05, 0.1) is 17.9 Å². The van der Waals surface area contributed by atoms with E-state index < -0.39 is 11.7 Å². The van der Waals surface area contributed by atoms with Crippen LogP contribution in [0.15, 0.2) is 60.8 Å². The molecule has 0 unspecified atom stereocenters. The highest BCUT2D eigenvalue weighted by Crippen LogP contribution is 2.39. The fourth-order valence-corrected chi connectivity index (χ4v) is 4.27. The highest BCUT2D eigenvalue weighted by molar-refractivity contribution is 5.77. The van der Waals surface area contributed by atoms with Gasteiger partial charge in [0.15, 0.2) is 0 Å². The van der Waals surface area contributed by atoms with Crippen molar-refractivity contribution in [3.63, 3.8) is 0 Å². The fourth-order valence-electron chi connectivity index (χ4n) is 4.27. The van der Waals surface area contributed by atoms with Crippen molar-refractivity contribution in [2.45, 2.75) is 33.1 Å². The normalized spacial score (nSPS) is 14.7. The zero-order chi connectivity index (χ0) is 22.9. The molecule has 0 atom stereocenters. The number of alkyl halides is 3. The zero-order valence-electron chi connectivity index (χ0n) is 18.7. The first-order chi connectivity index (χ1) is 15.2. The van der Waals surface area contributed by atoms with Gasteiger partial charge in [0.1, 0.15) is 5.82 Å². The van der Waals surface area contributed by atoms with E-state index in [1.54, 1.807) is 12.1 Å². The van der Waals surface area contributed by atoms with Gasteiger partial charge >= 0.3 is 6.18 Å². The minimum Gasteiger partial charge on any atom is -0.355 e. The summed E-state index contributed by atoms with van der Waals surface area (Å²) in [6.07, 6.45) is -2.20. The smallest absolute Gasteiger partial charge is 0.355 e. The Morgan fingerprint density at radius 2 is 1.69 bits per heavy atom. The van der Waals surface area contributed by atoms with Crippen LogP contribution in [-0.4, -0.2) is 29.7 Å². The minimum absolute atomic E-state index is 0.486. The van der Waals surface area contributed by atoms with Crippen LogP contribution in [0, 0.1) is 5.92 Å². The Morgan fingerprint density at radius 3 is 2.31 bits per heavy atom. The Kier molecular flexibility index (Phi) is 6.20. The van der Waals surface area contributed by atoms with Crippen LogP contribution < -0.4 is 10.2 Å². The van der Waals surface area contributed by atoms with Gasteiger partial charge < -0.3 is 14.8 Å². The molecule has 1 N–H and O–H groups in total. The molecule has 3 aromatic rings. The Bertz CT molecular complexity index is 1040. The number of hydrogen-bond acceptors (Lipinski definition) is 3. The van der Waals surface area contributed by atoms with Crippen molar-refractivity contribution in [3.05, 3.63) is 77.5 Å². The summed E-state index contributed by atoms with van der Waals surface area (Å²) in [5.41, 5.74) is 3.56. The van der Waals surface area contributed by atoms with Crippen molar-refractivity contribution < 1.29 is 13.2 Å². The molecule has 0 radical (unpaired) electrons. The second-order valence-electron chi connectivity index (χ2n) is 8.94. The van der Waals surface area contributed by atoms with Crippen molar-refractivity contribution in [1.82, 2.24) is 9.47 Å². The van der Waals surface area contributed by atoms with Crippen molar-refractivity contribution in [2.75, 3.05) is 30.5 Å². The van der Waals surface area contributed by atoms with Crippen LogP contribution in [0.2, 0.25) is 0 Å². The predicted octanol–water partition coefficient (Wildman–Crippen LogP) is 6.16. The molecule has 0 bridgehead atoms. The number of halogens is 3. The summed E-state index contributed by atoms with van der Waals surface area (Å²) in [4.78, 5) is 4.66. The highest BCUT2D eigenvalue weighted by atomic mass is 19.4. The van der Waals surface area contributed by atoms with Gasteiger partial charge in [0.2, 0.25) is 0 Å². The molecule has 1 aliphatic heterocycles. The third-order valence-corrected chi connectivity index (χ3v) is 5.55. The molecule has 4 nitrogen and oxygen atoms in total. The van der Waals surface area contributed by atoms with Gasteiger partial charge in [-0.15, -0.1) is 0 Å². The number of rotatable bonds is 6. The summed E-state index contributed by atoms with van der Waals surface area (Å²) >= 11 is 0. The van der Waals surface area contributed by atoms with Crippen LogP contribution in [0.1, 0.15) is 30.5 Å². The lowest BCUT2D eigenvalue weighted by Crippen LogP contribution is -2.41. The van der Waals surface area contributed by atoms with Gasteiger partial charge in [0, 0.05) is 37.1 Å². The molecule has 0 fully saturated rings. The fraction of sp³-hybridized carbons (Fsp3) is 0.360. The molecular formula is C25H29F3N4. The molecule has 0 saturated heterocycles. The third kappa shape index (κ3) is 4.93. The lowest BCUT2D eigenvalue weighted by Gasteiger charge is -2.36. The number of hydrogen-bond donors (Lipinski definition) is 1. The van der Waals surface area contributed by atoms with Crippen molar-refractivity contribution >= 4 is 17.2 Å². The van der Waals surface area contributed by atoms with Gasteiger partial charge in [-0.2, -0.15) is 13.2 Å². The standard InChI is InChI=1S/C25H29F3N4/c1-18(2)13-32-17-30(3)15-20-16-31(14-19-9-11-21(12-10-19)25(26,27)28)24(23(20)32)29-22-7-5-4-6-8-22/h4-12,16,18,29H,13-15,17H2,1-3H3. The van der Waals surface area contributed by atoms with E-state index in [0.29, 0.717) is 12.5 Å². The zero-order valence-corrected chi connectivity index (χ0v) is 18.7. The summed E-state index contributed by atoms with van der Waals surface area (Å²) in [6, 6.07) is 15.4. The average Bonchev–Trinajstić information content (AvgIpc) is 3.04. The summed E-state index contributed by atoms with van der Waals surface area (Å²) in [7, 11) is 2.10. The molecule has 4 rings (SSSR count). The maximum absolute atomic E-state index is 13.0. The lowest BCUT2D eigenvalue weighted by atomic mass is 10.1. The van der Waals surface area contributed by atoms with E-state index >= 15 is 0 Å². The molecule has 7 heteroatoms. The number of fused-ring (bicyclic) bond motifs is 1. The van der Waals surface area contributed by atoms with Gasteiger partial charge in [0.25, 0.3) is 0 Å². The Labute approximate surface area is 187 Å². The van der Waals surface area contributed by atoms with Gasteiger partial charge in [-0.1, -0.05) is 44.2 Å². The number of nitrogens with zero attached hydrogens (tertiary/aromatic N) is 3. The molecule has 0 spiro atoms. The Balaban J connectivity index is 1.73. The molecule has 1 aromatic heterocycles. The van der Waals surface area contributed by atoms with Crippen molar-refractivity contribution in [1.29, 1.82) is 0 Å². The van der Waals surface area contributed by atoms with Crippen LogP contribution in [0.4, 0.5) is 30.4 Å². The maximum Gasteiger partial charge on any atom is 0.416 e. The van der Waals surface area contributed by atoms with Gasteiger partial charge in [-0.05, 0) is 42.8 Å². The lowest BCUT2D eigenvalue weighted by molar-refractivity contribution is -0.137.